The highest BCUT2D eigenvalue weighted by atomic mass is 127. The first-order valence-corrected chi connectivity index (χ1v) is 8.40. The van der Waals surface area contributed by atoms with E-state index in [9.17, 15) is 0 Å². The van der Waals surface area contributed by atoms with Gasteiger partial charge in [0.05, 0.1) is 13.2 Å². The summed E-state index contributed by atoms with van der Waals surface area (Å²) in [6.07, 6.45) is 4.22. The molecule has 0 spiro atoms. The Kier molecular flexibility index (Phi) is 7.14. The third kappa shape index (κ3) is 5.08. The molecule has 0 bridgehead atoms. The van der Waals surface area contributed by atoms with Gasteiger partial charge in [-0.1, -0.05) is 37.1 Å². The largest absolute Gasteiger partial charge is 0.370 e. The van der Waals surface area contributed by atoms with Gasteiger partial charge in [-0.2, -0.15) is 0 Å². The maximum atomic E-state index is 6.00. The highest BCUT2D eigenvalue weighted by Crippen LogP contribution is 2.31. The van der Waals surface area contributed by atoms with Crippen molar-refractivity contribution in [2.45, 2.75) is 32.3 Å². The molecule has 5 heteroatoms. The minimum atomic E-state index is 0. The third-order valence-corrected chi connectivity index (χ3v) is 4.65. The van der Waals surface area contributed by atoms with Gasteiger partial charge in [0.25, 0.3) is 0 Å². The number of ether oxygens (including phenoxy) is 1. The van der Waals surface area contributed by atoms with Gasteiger partial charge in [-0.25, -0.2) is 0 Å². The molecule has 1 N–H and O–H groups in total. The summed E-state index contributed by atoms with van der Waals surface area (Å²) < 4.78 is 6.00. The summed E-state index contributed by atoms with van der Waals surface area (Å²) in [5.74, 6) is 1.97. The lowest BCUT2D eigenvalue weighted by molar-refractivity contribution is -0.00831. The summed E-state index contributed by atoms with van der Waals surface area (Å²) in [6, 6.07) is 8.50. The maximum absolute atomic E-state index is 6.00. The highest BCUT2D eigenvalue weighted by molar-refractivity contribution is 14.0. The average molecular weight is 429 g/mol. The average Bonchev–Trinajstić information content (AvgIpc) is 3.36. The molecule has 1 aromatic rings. The van der Waals surface area contributed by atoms with Gasteiger partial charge in [0.15, 0.2) is 5.96 Å². The summed E-state index contributed by atoms with van der Waals surface area (Å²) in [6.45, 7) is 5.71. The van der Waals surface area contributed by atoms with Gasteiger partial charge in [-0.05, 0) is 30.4 Å². The molecule has 128 valence electrons. The van der Waals surface area contributed by atoms with E-state index in [1.54, 1.807) is 0 Å². The van der Waals surface area contributed by atoms with Gasteiger partial charge >= 0.3 is 0 Å². The van der Waals surface area contributed by atoms with Gasteiger partial charge in [-0.15, -0.1) is 24.0 Å². The summed E-state index contributed by atoms with van der Waals surface area (Å²) >= 11 is 0. The van der Waals surface area contributed by atoms with Gasteiger partial charge in [0, 0.05) is 20.1 Å². The molecule has 4 nitrogen and oxygen atoms in total. The van der Waals surface area contributed by atoms with Crippen molar-refractivity contribution >= 4 is 29.9 Å². The number of morpholine rings is 1. The molecule has 23 heavy (non-hydrogen) atoms. The Balaban J connectivity index is 0.00000192. The molecule has 1 aliphatic carbocycles. The Hall–Kier alpha value is -0.820. The fourth-order valence-corrected chi connectivity index (χ4v) is 3.10. The normalized spacial score (nSPS) is 21.7. The number of hydrogen-bond acceptors (Lipinski definition) is 2. The topological polar surface area (TPSA) is 36.9 Å². The molecule has 1 unspecified atom stereocenters. The molecule has 3 rings (SSSR count). The van der Waals surface area contributed by atoms with Crippen LogP contribution in [0.2, 0.25) is 0 Å². The number of aryl methyl sites for hydroxylation is 1. The Morgan fingerprint density at radius 3 is 2.83 bits per heavy atom. The quantitative estimate of drug-likeness (QED) is 0.453. The molecular weight excluding hydrogens is 401 g/mol. The van der Waals surface area contributed by atoms with Gasteiger partial charge in [0.2, 0.25) is 0 Å². The van der Waals surface area contributed by atoms with Crippen LogP contribution in [-0.2, 0) is 4.74 Å². The van der Waals surface area contributed by atoms with Crippen molar-refractivity contribution in [1.82, 2.24) is 10.2 Å². The zero-order valence-corrected chi connectivity index (χ0v) is 16.5. The zero-order chi connectivity index (χ0) is 15.4. The van der Waals surface area contributed by atoms with Crippen LogP contribution < -0.4 is 5.32 Å². The third-order valence-electron chi connectivity index (χ3n) is 4.65. The first-order chi connectivity index (χ1) is 10.8. The second kappa shape index (κ2) is 8.87. The number of rotatable bonds is 4. The number of hydrogen-bond donors (Lipinski definition) is 1. The fraction of sp³-hybridized carbons (Fsp3) is 0.611. The Labute approximate surface area is 156 Å². The molecule has 2 aliphatic rings. The maximum Gasteiger partial charge on any atom is 0.193 e. The van der Waals surface area contributed by atoms with Crippen LogP contribution in [0.5, 0.6) is 0 Å². The van der Waals surface area contributed by atoms with Crippen LogP contribution in [0.1, 0.15) is 36.5 Å². The standard InChI is InChI=1S/C18H27N3O.HI/c1-14-5-3-4-6-16(14)17-13-21(11-12-22-17)18(19-2)20-10-9-15-7-8-15;/h3-6,15,17H,7-13H2,1-2H3,(H,19,20);1H. The van der Waals surface area contributed by atoms with Gasteiger partial charge in [0.1, 0.15) is 6.10 Å². The van der Waals surface area contributed by atoms with Crippen molar-refractivity contribution in [2.75, 3.05) is 33.3 Å². The van der Waals surface area contributed by atoms with Crippen molar-refractivity contribution in [3.8, 4) is 0 Å². The van der Waals surface area contributed by atoms with E-state index in [4.69, 9.17) is 4.74 Å². The Morgan fingerprint density at radius 2 is 2.13 bits per heavy atom. The van der Waals surface area contributed by atoms with Gasteiger partial charge < -0.3 is 15.0 Å². The monoisotopic (exact) mass is 429 g/mol. The van der Waals surface area contributed by atoms with Crippen LogP contribution in [0, 0.1) is 12.8 Å². The number of halogens is 1. The smallest absolute Gasteiger partial charge is 0.193 e. The van der Waals surface area contributed by atoms with Crippen LogP contribution in [-0.4, -0.2) is 44.1 Å². The number of guanidine groups is 1. The highest BCUT2D eigenvalue weighted by Gasteiger charge is 2.25. The molecule has 2 fully saturated rings. The van der Waals surface area contributed by atoms with E-state index in [-0.39, 0.29) is 30.1 Å². The van der Waals surface area contributed by atoms with Crippen molar-refractivity contribution in [2.24, 2.45) is 10.9 Å². The SMILES string of the molecule is CN=C(NCCC1CC1)N1CCOC(c2ccccc2C)C1.I. The molecule has 1 atom stereocenters. The van der Waals surface area contributed by atoms with Crippen molar-refractivity contribution in [3.05, 3.63) is 35.4 Å². The Bertz CT molecular complexity index is 531. The summed E-state index contributed by atoms with van der Waals surface area (Å²) in [4.78, 5) is 6.78. The molecule has 0 aromatic heterocycles. The lowest BCUT2D eigenvalue weighted by atomic mass is 10.0. The van der Waals surface area contributed by atoms with Crippen LogP contribution in [0.4, 0.5) is 0 Å². The Morgan fingerprint density at radius 1 is 1.35 bits per heavy atom. The first-order valence-electron chi connectivity index (χ1n) is 8.40. The van der Waals surface area contributed by atoms with Crippen LogP contribution in [0.3, 0.4) is 0 Å². The molecule has 1 saturated carbocycles. The number of nitrogens with zero attached hydrogens (tertiary/aromatic N) is 2. The van der Waals surface area contributed by atoms with E-state index >= 15 is 0 Å². The molecule has 0 radical (unpaired) electrons. The van der Waals surface area contributed by atoms with E-state index in [0.717, 1.165) is 38.1 Å². The predicted octanol–water partition coefficient (Wildman–Crippen LogP) is 3.36. The molecule has 0 amide bonds. The lowest BCUT2D eigenvalue weighted by Crippen LogP contribution is -2.48. The second-order valence-electron chi connectivity index (χ2n) is 6.37. The van der Waals surface area contributed by atoms with Crippen molar-refractivity contribution < 1.29 is 4.74 Å². The first kappa shape index (κ1) is 18.5. The zero-order valence-electron chi connectivity index (χ0n) is 14.1. The predicted molar refractivity (Wildman–Crippen MR) is 106 cm³/mol. The molecule has 1 saturated heterocycles. The van der Waals surface area contributed by atoms with Crippen LogP contribution in [0.25, 0.3) is 0 Å². The molecule has 1 aromatic carbocycles. The van der Waals surface area contributed by atoms with E-state index in [1.807, 2.05) is 7.05 Å². The molecule has 1 heterocycles. The van der Waals surface area contributed by atoms with E-state index in [1.165, 1.54) is 30.4 Å². The van der Waals surface area contributed by atoms with E-state index in [2.05, 4.69) is 46.4 Å². The lowest BCUT2D eigenvalue weighted by Gasteiger charge is -2.35. The van der Waals surface area contributed by atoms with Gasteiger partial charge in [-0.3, -0.25) is 4.99 Å². The number of aliphatic imine (C=N–C) groups is 1. The van der Waals surface area contributed by atoms with Crippen molar-refractivity contribution in [3.63, 3.8) is 0 Å². The molecular formula is C18H28IN3O. The fourth-order valence-electron chi connectivity index (χ4n) is 3.10. The van der Waals surface area contributed by atoms with Crippen molar-refractivity contribution in [1.29, 1.82) is 0 Å². The number of benzene rings is 1. The minimum Gasteiger partial charge on any atom is -0.370 e. The van der Waals surface area contributed by atoms with Crippen LogP contribution >= 0.6 is 24.0 Å². The summed E-state index contributed by atoms with van der Waals surface area (Å²) in [5.41, 5.74) is 2.59. The molecule has 1 aliphatic heterocycles. The van der Waals surface area contributed by atoms with Crippen LogP contribution in [0.15, 0.2) is 29.3 Å². The van der Waals surface area contributed by atoms with E-state index in [0.29, 0.717) is 0 Å². The summed E-state index contributed by atoms with van der Waals surface area (Å²) in [5, 5.41) is 3.52. The number of nitrogens with one attached hydrogen (secondary N) is 1. The second-order valence-corrected chi connectivity index (χ2v) is 6.37. The van der Waals surface area contributed by atoms with E-state index < -0.39 is 0 Å². The summed E-state index contributed by atoms with van der Waals surface area (Å²) in [7, 11) is 1.87. The minimum absolute atomic E-state index is 0.